The number of likely N-dealkylation sites (N-methyl/N-ethyl adjacent to an activating group) is 1. The molecule has 0 aliphatic heterocycles. The van der Waals surface area contributed by atoms with Crippen LogP contribution >= 0.6 is 0 Å². The van der Waals surface area contributed by atoms with Gasteiger partial charge in [-0.1, -0.05) is 40.2 Å². The number of hydrogen-bond acceptors (Lipinski definition) is 3. The SMILES string of the molecule is CC/C(=C\CC(C)(C)CC)C(=O)NC(=N)N(C)CC(=O)O. The maximum absolute atomic E-state index is 12.1. The zero-order chi connectivity index (χ0) is 16.6. The molecule has 0 saturated heterocycles. The van der Waals surface area contributed by atoms with Gasteiger partial charge >= 0.3 is 5.97 Å². The van der Waals surface area contributed by atoms with E-state index in [-0.39, 0.29) is 23.8 Å². The fourth-order valence-electron chi connectivity index (χ4n) is 1.51. The standard InChI is InChI=1S/C15H27N3O3/c1-6-11(8-9-15(3,4)7-2)13(21)17-14(16)18(5)10-12(19)20/h8H,6-7,9-10H2,1-5H3,(H,19,20)(H2,16,17,21)/b11-8+. The van der Waals surface area contributed by atoms with Crippen LogP contribution in [0.4, 0.5) is 0 Å². The number of rotatable bonds is 7. The van der Waals surface area contributed by atoms with Crippen molar-refractivity contribution < 1.29 is 14.7 Å². The fourth-order valence-corrected chi connectivity index (χ4v) is 1.51. The van der Waals surface area contributed by atoms with Crippen LogP contribution in [0.15, 0.2) is 11.6 Å². The van der Waals surface area contributed by atoms with Gasteiger partial charge < -0.3 is 10.0 Å². The lowest BCUT2D eigenvalue weighted by molar-refractivity contribution is -0.137. The van der Waals surface area contributed by atoms with Gasteiger partial charge in [-0.25, -0.2) is 0 Å². The third-order valence-corrected chi connectivity index (χ3v) is 3.52. The molecule has 3 N–H and O–H groups in total. The molecular weight excluding hydrogens is 270 g/mol. The number of carbonyl (C=O) groups excluding carboxylic acids is 1. The molecule has 0 fully saturated rings. The first kappa shape index (κ1) is 19.1. The molecule has 0 aromatic carbocycles. The second kappa shape index (κ2) is 8.44. The van der Waals surface area contributed by atoms with Gasteiger partial charge in [0.05, 0.1) is 0 Å². The maximum Gasteiger partial charge on any atom is 0.323 e. The summed E-state index contributed by atoms with van der Waals surface area (Å²) >= 11 is 0. The Morgan fingerprint density at radius 1 is 1.33 bits per heavy atom. The molecule has 6 heteroatoms. The number of nitrogens with one attached hydrogen (secondary N) is 2. The Labute approximate surface area is 126 Å². The first-order valence-corrected chi connectivity index (χ1v) is 7.14. The van der Waals surface area contributed by atoms with Crippen LogP contribution in [-0.2, 0) is 9.59 Å². The number of allylic oxidation sites excluding steroid dienone is 1. The first-order valence-electron chi connectivity index (χ1n) is 7.14. The maximum atomic E-state index is 12.1. The monoisotopic (exact) mass is 297 g/mol. The Morgan fingerprint density at radius 2 is 1.90 bits per heavy atom. The van der Waals surface area contributed by atoms with Crippen molar-refractivity contribution in [3.05, 3.63) is 11.6 Å². The van der Waals surface area contributed by atoms with Gasteiger partial charge in [0.15, 0.2) is 5.96 Å². The Balaban J connectivity index is 4.70. The molecule has 0 saturated carbocycles. The van der Waals surface area contributed by atoms with Gasteiger partial charge in [-0.3, -0.25) is 20.3 Å². The third kappa shape index (κ3) is 7.48. The lowest BCUT2D eigenvalue weighted by Crippen LogP contribution is -2.43. The van der Waals surface area contributed by atoms with Gasteiger partial charge in [-0.05, 0) is 18.3 Å². The van der Waals surface area contributed by atoms with Crippen molar-refractivity contribution in [3.8, 4) is 0 Å². The van der Waals surface area contributed by atoms with E-state index in [2.05, 4.69) is 26.1 Å². The van der Waals surface area contributed by atoms with Crippen LogP contribution in [0.25, 0.3) is 0 Å². The molecule has 0 aromatic heterocycles. The van der Waals surface area contributed by atoms with Crippen molar-refractivity contribution in [1.29, 1.82) is 5.41 Å². The van der Waals surface area contributed by atoms with E-state index < -0.39 is 5.97 Å². The van der Waals surface area contributed by atoms with Crippen molar-refractivity contribution >= 4 is 17.8 Å². The number of carbonyl (C=O) groups is 2. The molecule has 0 aliphatic rings. The highest BCUT2D eigenvalue weighted by atomic mass is 16.4. The summed E-state index contributed by atoms with van der Waals surface area (Å²) in [5, 5.41) is 18.8. The molecule has 0 atom stereocenters. The van der Waals surface area contributed by atoms with Crippen molar-refractivity contribution in [2.45, 2.75) is 47.0 Å². The lowest BCUT2D eigenvalue weighted by Gasteiger charge is -2.21. The number of hydrogen-bond donors (Lipinski definition) is 3. The summed E-state index contributed by atoms with van der Waals surface area (Å²) in [5.41, 5.74) is 0.749. The van der Waals surface area contributed by atoms with Gasteiger partial charge in [0, 0.05) is 12.6 Å². The van der Waals surface area contributed by atoms with Gasteiger partial charge in [-0.15, -0.1) is 0 Å². The van der Waals surface area contributed by atoms with Gasteiger partial charge in [0.2, 0.25) is 0 Å². The van der Waals surface area contributed by atoms with Crippen molar-refractivity contribution in [1.82, 2.24) is 10.2 Å². The quantitative estimate of drug-likeness (QED) is 0.381. The summed E-state index contributed by atoms with van der Waals surface area (Å²) in [5.74, 6) is -1.60. The second-order valence-corrected chi connectivity index (χ2v) is 5.86. The molecular formula is C15H27N3O3. The Kier molecular flexibility index (Phi) is 7.70. The Morgan fingerprint density at radius 3 is 2.33 bits per heavy atom. The van der Waals surface area contributed by atoms with E-state index >= 15 is 0 Å². The van der Waals surface area contributed by atoms with Gasteiger partial charge in [0.25, 0.3) is 5.91 Å². The van der Waals surface area contributed by atoms with E-state index in [0.717, 1.165) is 12.8 Å². The molecule has 0 bridgehead atoms. The Bertz CT molecular complexity index is 428. The summed E-state index contributed by atoms with van der Waals surface area (Å²) in [6, 6.07) is 0. The molecule has 0 aliphatic carbocycles. The second-order valence-electron chi connectivity index (χ2n) is 5.86. The molecule has 0 unspecified atom stereocenters. The molecule has 0 radical (unpaired) electrons. The third-order valence-electron chi connectivity index (χ3n) is 3.52. The summed E-state index contributed by atoms with van der Waals surface area (Å²) in [7, 11) is 1.45. The van der Waals surface area contributed by atoms with Crippen molar-refractivity contribution in [2.24, 2.45) is 5.41 Å². The number of aliphatic carboxylic acids is 1. The number of nitrogens with zero attached hydrogens (tertiary/aromatic N) is 1. The molecule has 0 heterocycles. The minimum Gasteiger partial charge on any atom is -0.480 e. The summed E-state index contributed by atoms with van der Waals surface area (Å²) in [4.78, 5) is 23.8. The molecule has 6 nitrogen and oxygen atoms in total. The van der Waals surface area contributed by atoms with Crippen LogP contribution in [0, 0.1) is 10.8 Å². The minimum atomic E-state index is -1.05. The largest absolute Gasteiger partial charge is 0.480 e. The highest BCUT2D eigenvalue weighted by molar-refractivity contribution is 6.04. The van der Waals surface area contributed by atoms with Crippen LogP contribution in [0.5, 0.6) is 0 Å². The van der Waals surface area contributed by atoms with Crippen LogP contribution in [0.1, 0.15) is 47.0 Å². The normalized spacial score (nSPS) is 12.0. The average Bonchev–Trinajstić information content (AvgIpc) is 2.38. The summed E-state index contributed by atoms with van der Waals surface area (Å²) in [6.07, 6.45) is 4.28. The van der Waals surface area contributed by atoms with Crippen LogP contribution in [-0.4, -0.2) is 41.4 Å². The zero-order valence-corrected chi connectivity index (χ0v) is 13.6. The van der Waals surface area contributed by atoms with E-state index in [1.807, 2.05) is 13.0 Å². The average molecular weight is 297 g/mol. The topological polar surface area (TPSA) is 93.5 Å². The first-order chi connectivity index (χ1) is 9.62. The molecule has 0 aromatic rings. The number of amides is 1. The zero-order valence-electron chi connectivity index (χ0n) is 13.6. The minimum absolute atomic E-state index is 0.133. The predicted molar refractivity (Wildman–Crippen MR) is 83.2 cm³/mol. The number of guanidine groups is 1. The molecule has 21 heavy (non-hydrogen) atoms. The number of carboxylic acids is 1. The number of carboxylic acid groups (broad SMARTS) is 1. The predicted octanol–water partition coefficient (Wildman–Crippen LogP) is 2.22. The lowest BCUT2D eigenvalue weighted by atomic mass is 9.85. The molecule has 0 spiro atoms. The highest BCUT2D eigenvalue weighted by Gasteiger charge is 2.17. The van der Waals surface area contributed by atoms with Crippen LogP contribution < -0.4 is 5.32 Å². The fraction of sp³-hybridized carbons (Fsp3) is 0.667. The van der Waals surface area contributed by atoms with E-state index in [1.165, 1.54) is 11.9 Å². The molecule has 0 rings (SSSR count). The van der Waals surface area contributed by atoms with E-state index in [9.17, 15) is 9.59 Å². The summed E-state index contributed by atoms with van der Waals surface area (Å²) < 4.78 is 0. The van der Waals surface area contributed by atoms with E-state index in [1.54, 1.807) is 0 Å². The Hall–Kier alpha value is -1.85. The van der Waals surface area contributed by atoms with Gasteiger partial charge in [-0.2, -0.15) is 0 Å². The van der Waals surface area contributed by atoms with E-state index in [0.29, 0.717) is 12.0 Å². The molecule has 1 amide bonds. The van der Waals surface area contributed by atoms with Crippen LogP contribution in [0.3, 0.4) is 0 Å². The smallest absolute Gasteiger partial charge is 0.323 e. The van der Waals surface area contributed by atoms with Crippen LogP contribution in [0.2, 0.25) is 0 Å². The van der Waals surface area contributed by atoms with Crippen molar-refractivity contribution in [3.63, 3.8) is 0 Å². The van der Waals surface area contributed by atoms with Crippen molar-refractivity contribution in [2.75, 3.05) is 13.6 Å². The van der Waals surface area contributed by atoms with Gasteiger partial charge in [0.1, 0.15) is 6.54 Å². The summed E-state index contributed by atoms with van der Waals surface area (Å²) in [6.45, 7) is 7.94. The van der Waals surface area contributed by atoms with E-state index in [4.69, 9.17) is 10.5 Å². The highest BCUT2D eigenvalue weighted by Crippen LogP contribution is 2.25. The molecule has 120 valence electrons.